The summed E-state index contributed by atoms with van der Waals surface area (Å²) in [5.41, 5.74) is 1.72. The lowest BCUT2D eigenvalue weighted by Gasteiger charge is -2.13. The van der Waals surface area contributed by atoms with Crippen LogP contribution in [0.2, 0.25) is 0 Å². The van der Waals surface area contributed by atoms with E-state index in [-0.39, 0.29) is 12.4 Å². The molecule has 1 heterocycles. The Kier molecular flexibility index (Phi) is 4.20. The summed E-state index contributed by atoms with van der Waals surface area (Å²) >= 11 is 6.24. The summed E-state index contributed by atoms with van der Waals surface area (Å²) in [6, 6.07) is 17.4. The van der Waals surface area contributed by atoms with Crippen molar-refractivity contribution in [3.63, 3.8) is 0 Å². The van der Waals surface area contributed by atoms with Gasteiger partial charge in [0.1, 0.15) is 0 Å². The summed E-state index contributed by atoms with van der Waals surface area (Å²) in [6.45, 7) is 0. The van der Waals surface area contributed by atoms with E-state index in [1.54, 1.807) is 6.20 Å². The van der Waals surface area contributed by atoms with E-state index < -0.39 is 0 Å². The molecule has 0 aliphatic carbocycles. The molecule has 3 nitrogen and oxygen atoms in total. The molecule has 0 bridgehead atoms. The summed E-state index contributed by atoms with van der Waals surface area (Å²) in [4.78, 5) is 8.70. The highest BCUT2D eigenvalue weighted by Crippen LogP contribution is 2.25. The number of hydrogen-bond acceptors (Lipinski definition) is 3. The minimum absolute atomic E-state index is 0. The van der Waals surface area contributed by atoms with Crippen molar-refractivity contribution in [3.05, 3.63) is 60.8 Å². The summed E-state index contributed by atoms with van der Waals surface area (Å²) in [6.07, 6.45) is 1.77. The first-order valence-corrected chi connectivity index (χ1v) is 5.91. The van der Waals surface area contributed by atoms with Crippen molar-refractivity contribution in [2.24, 2.45) is 0 Å². The van der Waals surface area contributed by atoms with Gasteiger partial charge in [-0.15, -0.1) is 12.4 Å². The van der Waals surface area contributed by atoms with E-state index in [0.717, 1.165) is 16.6 Å². The molecule has 2 aromatic carbocycles. The number of para-hydroxylation sites is 2. The Hall–Kier alpha value is -1.84. The molecule has 1 aromatic heterocycles. The second-order valence-corrected chi connectivity index (χ2v) is 4.18. The highest BCUT2D eigenvalue weighted by atomic mass is 35.5. The van der Waals surface area contributed by atoms with Crippen molar-refractivity contribution < 1.29 is 0 Å². The van der Waals surface area contributed by atoms with Crippen LogP contribution in [0.3, 0.4) is 0 Å². The highest BCUT2D eigenvalue weighted by Gasteiger charge is 2.09. The Labute approximate surface area is 122 Å². The van der Waals surface area contributed by atoms with Crippen LogP contribution in [0.15, 0.2) is 60.8 Å². The summed E-state index contributed by atoms with van der Waals surface area (Å²) in [5.74, 6) is 0.474. The van der Waals surface area contributed by atoms with Gasteiger partial charge in [0.2, 0.25) is 5.95 Å². The number of hydrogen-bond donors (Lipinski definition) is 0. The standard InChI is InChI=1S/C14H10ClN3.ClH/c15-18(12-7-2-1-3-8-12)14-16-10-11-6-4-5-9-13(11)17-14;/h1-10H;1H. The average Bonchev–Trinajstić information content (AvgIpc) is 2.47. The zero-order chi connectivity index (χ0) is 12.4. The second kappa shape index (κ2) is 5.87. The molecule has 3 rings (SSSR count). The van der Waals surface area contributed by atoms with Crippen molar-refractivity contribution in [1.82, 2.24) is 9.97 Å². The molecule has 0 fully saturated rings. The van der Waals surface area contributed by atoms with Gasteiger partial charge in [-0.25, -0.2) is 14.4 Å². The van der Waals surface area contributed by atoms with Crippen LogP contribution < -0.4 is 4.42 Å². The van der Waals surface area contributed by atoms with Gasteiger partial charge in [-0.2, -0.15) is 0 Å². The first kappa shape index (κ1) is 13.6. The predicted octanol–water partition coefficient (Wildman–Crippen LogP) is 4.34. The van der Waals surface area contributed by atoms with Crippen molar-refractivity contribution in [3.8, 4) is 0 Å². The van der Waals surface area contributed by atoms with E-state index in [4.69, 9.17) is 11.8 Å². The molecule has 0 spiro atoms. The molecule has 0 atom stereocenters. The van der Waals surface area contributed by atoms with Crippen molar-refractivity contribution in [1.29, 1.82) is 0 Å². The van der Waals surface area contributed by atoms with Crippen molar-refractivity contribution in [2.45, 2.75) is 0 Å². The van der Waals surface area contributed by atoms with Gasteiger partial charge in [0.05, 0.1) is 11.2 Å². The second-order valence-electron chi connectivity index (χ2n) is 3.85. The lowest BCUT2D eigenvalue weighted by atomic mass is 10.2. The maximum absolute atomic E-state index is 6.24. The van der Waals surface area contributed by atoms with Gasteiger partial charge < -0.3 is 0 Å². The highest BCUT2D eigenvalue weighted by molar-refractivity contribution is 6.28. The molecule has 0 saturated carbocycles. The van der Waals surface area contributed by atoms with E-state index in [1.165, 1.54) is 4.42 Å². The molecule has 19 heavy (non-hydrogen) atoms. The van der Waals surface area contributed by atoms with E-state index in [9.17, 15) is 0 Å². The molecule has 3 aromatic rings. The van der Waals surface area contributed by atoms with Crippen molar-refractivity contribution in [2.75, 3.05) is 4.42 Å². The molecule has 96 valence electrons. The monoisotopic (exact) mass is 291 g/mol. The normalized spacial score (nSPS) is 9.95. The molecule has 0 amide bonds. The van der Waals surface area contributed by atoms with Crippen LogP contribution in [0.5, 0.6) is 0 Å². The first-order valence-electron chi connectivity index (χ1n) is 5.57. The van der Waals surface area contributed by atoms with E-state index in [0.29, 0.717) is 5.95 Å². The number of aromatic nitrogens is 2. The smallest absolute Gasteiger partial charge is 0.220 e. The Bertz CT molecular complexity index is 674. The molecule has 0 unspecified atom stereocenters. The fourth-order valence-corrected chi connectivity index (χ4v) is 1.93. The lowest BCUT2D eigenvalue weighted by Crippen LogP contribution is -2.06. The summed E-state index contributed by atoms with van der Waals surface area (Å²) in [7, 11) is 0. The van der Waals surface area contributed by atoms with Gasteiger partial charge >= 0.3 is 0 Å². The third-order valence-electron chi connectivity index (χ3n) is 2.63. The maximum Gasteiger partial charge on any atom is 0.245 e. The SMILES string of the molecule is Cl.ClN(c1ccccc1)c1ncc2ccccc2n1. The van der Waals surface area contributed by atoms with E-state index >= 15 is 0 Å². The number of benzene rings is 2. The zero-order valence-corrected chi connectivity index (χ0v) is 11.5. The van der Waals surface area contributed by atoms with E-state index in [2.05, 4.69) is 9.97 Å². The van der Waals surface area contributed by atoms with Crippen LogP contribution in [-0.4, -0.2) is 9.97 Å². The quantitative estimate of drug-likeness (QED) is 0.658. The number of anilines is 2. The van der Waals surface area contributed by atoms with Crippen LogP contribution in [0.25, 0.3) is 10.9 Å². The molecule has 0 N–H and O–H groups in total. The molecule has 0 aliphatic heterocycles. The minimum atomic E-state index is 0. The maximum atomic E-state index is 6.24. The van der Waals surface area contributed by atoms with Gasteiger partial charge in [0.25, 0.3) is 0 Å². The largest absolute Gasteiger partial charge is 0.245 e. The Morgan fingerprint density at radius 2 is 1.58 bits per heavy atom. The molecule has 0 radical (unpaired) electrons. The van der Waals surface area contributed by atoms with Gasteiger partial charge in [-0.1, -0.05) is 36.4 Å². The average molecular weight is 292 g/mol. The van der Waals surface area contributed by atoms with Crippen molar-refractivity contribution >= 4 is 46.7 Å². The molecule has 0 saturated heterocycles. The summed E-state index contributed by atoms with van der Waals surface area (Å²) in [5, 5.41) is 0.999. The Morgan fingerprint density at radius 3 is 2.37 bits per heavy atom. The van der Waals surface area contributed by atoms with Gasteiger partial charge in [0, 0.05) is 23.4 Å². The fraction of sp³-hybridized carbons (Fsp3) is 0. The number of halogens is 2. The van der Waals surface area contributed by atoms with Crippen LogP contribution in [0.4, 0.5) is 11.6 Å². The molecular weight excluding hydrogens is 281 g/mol. The first-order chi connectivity index (χ1) is 8.84. The number of fused-ring (bicyclic) bond motifs is 1. The number of nitrogens with zero attached hydrogens (tertiary/aromatic N) is 3. The lowest BCUT2D eigenvalue weighted by molar-refractivity contribution is 1.16. The molecule has 0 aliphatic rings. The van der Waals surface area contributed by atoms with E-state index in [1.807, 2.05) is 54.6 Å². The predicted molar refractivity (Wildman–Crippen MR) is 81.2 cm³/mol. The van der Waals surface area contributed by atoms with Crippen LogP contribution >= 0.6 is 24.2 Å². The van der Waals surface area contributed by atoms with Gasteiger partial charge in [-0.3, -0.25) is 0 Å². The number of rotatable bonds is 2. The summed E-state index contributed by atoms with van der Waals surface area (Å²) < 4.78 is 1.45. The Balaban J connectivity index is 0.00000133. The zero-order valence-electron chi connectivity index (χ0n) is 9.90. The third-order valence-corrected chi connectivity index (χ3v) is 2.98. The third kappa shape index (κ3) is 2.78. The minimum Gasteiger partial charge on any atom is -0.220 e. The molecular formula is C14H11Cl2N3. The topological polar surface area (TPSA) is 29.0 Å². The van der Waals surface area contributed by atoms with Crippen LogP contribution in [-0.2, 0) is 0 Å². The van der Waals surface area contributed by atoms with Gasteiger partial charge in [0.15, 0.2) is 0 Å². The van der Waals surface area contributed by atoms with Gasteiger partial charge in [-0.05, 0) is 18.2 Å². The molecule has 5 heteroatoms. The van der Waals surface area contributed by atoms with Crippen LogP contribution in [0, 0.1) is 0 Å². The van der Waals surface area contributed by atoms with Crippen LogP contribution in [0.1, 0.15) is 0 Å². The Morgan fingerprint density at radius 1 is 0.895 bits per heavy atom. The fourth-order valence-electron chi connectivity index (χ4n) is 1.73.